The van der Waals surface area contributed by atoms with Crippen LogP contribution in [0.3, 0.4) is 0 Å². The molecule has 0 unspecified atom stereocenters. The molecule has 6 heteroatoms. The van der Waals surface area contributed by atoms with E-state index in [0.717, 1.165) is 31.1 Å². The first-order valence-corrected chi connectivity index (χ1v) is 9.59. The summed E-state index contributed by atoms with van der Waals surface area (Å²) in [7, 11) is 1.57. The monoisotopic (exact) mass is 380 g/mol. The molecule has 2 rings (SSSR count). The van der Waals surface area contributed by atoms with Crippen LogP contribution in [0.1, 0.15) is 32.3 Å². The van der Waals surface area contributed by atoms with Crippen LogP contribution in [0.2, 0.25) is 5.02 Å². The Hall–Kier alpha value is -1.72. The van der Waals surface area contributed by atoms with Crippen molar-refractivity contribution >= 4 is 23.6 Å². The molecular weight excluding hydrogens is 352 g/mol. The number of likely N-dealkylation sites (tertiary alicyclic amines) is 1. The smallest absolute Gasteiger partial charge is 0.244 e. The number of carbonyl (C=O) groups is 1. The van der Waals surface area contributed by atoms with Crippen LogP contribution in [0, 0.1) is 5.92 Å². The van der Waals surface area contributed by atoms with Crippen LogP contribution >= 0.6 is 11.6 Å². The van der Waals surface area contributed by atoms with Gasteiger partial charge in [-0.15, -0.1) is 0 Å². The maximum Gasteiger partial charge on any atom is 0.244 e. The quantitative estimate of drug-likeness (QED) is 0.700. The lowest BCUT2D eigenvalue weighted by Crippen LogP contribution is -2.38. The highest BCUT2D eigenvalue weighted by Crippen LogP contribution is 2.36. The predicted molar refractivity (Wildman–Crippen MR) is 106 cm³/mol. The van der Waals surface area contributed by atoms with Crippen molar-refractivity contribution in [3.05, 3.63) is 28.8 Å². The van der Waals surface area contributed by atoms with Gasteiger partial charge in [0.25, 0.3) is 0 Å². The molecule has 0 aliphatic carbocycles. The lowest BCUT2D eigenvalue weighted by molar-refractivity contribution is -0.116. The van der Waals surface area contributed by atoms with E-state index in [0.29, 0.717) is 29.7 Å². The third-order valence-electron chi connectivity index (χ3n) is 4.57. The summed E-state index contributed by atoms with van der Waals surface area (Å²) in [6.07, 6.45) is 5.73. The number of piperidine rings is 1. The molecule has 1 N–H and O–H groups in total. The van der Waals surface area contributed by atoms with E-state index in [1.165, 1.54) is 18.9 Å². The third kappa shape index (κ3) is 6.22. The Morgan fingerprint density at radius 2 is 2.12 bits per heavy atom. The van der Waals surface area contributed by atoms with E-state index in [4.69, 9.17) is 21.1 Å². The molecule has 144 valence electrons. The molecule has 26 heavy (non-hydrogen) atoms. The summed E-state index contributed by atoms with van der Waals surface area (Å²) in [5, 5.41) is 3.39. The predicted octanol–water partition coefficient (Wildman–Crippen LogP) is 3.61. The van der Waals surface area contributed by atoms with Crippen molar-refractivity contribution in [1.29, 1.82) is 0 Å². The lowest BCUT2D eigenvalue weighted by Gasteiger charge is -2.29. The van der Waals surface area contributed by atoms with E-state index in [9.17, 15) is 4.79 Å². The van der Waals surface area contributed by atoms with Gasteiger partial charge < -0.3 is 19.7 Å². The van der Waals surface area contributed by atoms with E-state index in [-0.39, 0.29) is 5.91 Å². The van der Waals surface area contributed by atoms with Gasteiger partial charge in [-0.25, -0.2) is 0 Å². The molecule has 0 saturated carbocycles. The Morgan fingerprint density at radius 1 is 1.38 bits per heavy atom. The second-order valence-corrected chi connectivity index (χ2v) is 7.02. The van der Waals surface area contributed by atoms with Crippen LogP contribution in [-0.4, -0.2) is 50.7 Å². The van der Waals surface area contributed by atoms with Gasteiger partial charge in [0.05, 0.1) is 18.7 Å². The third-order valence-corrected chi connectivity index (χ3v) is 4.85. The van der Waals surface area contributed by atoms with Crippen LogP contribution in [0.5, 0.6) is 11.5 Å². The van der Waals surface area contributed by atoms with Gasteiger partial charge >= 0.3 is 0 Å². The average Bonchev–Trinajstić information content (AvgIpc) is 2.63. The number of rotatable bonds is 8. The minimum Gasteiger partial charge on any atom is -0.493 e. The SMILES string of the molecule is CCOc1c(Cl)cc(C=CC(=O)NCCN2CCC(C)CC2)cc1OC. The normalized spacial score (nSPS) is 16.0. The van der Waals surface area contributed by atoms with Crippen LogP contribution in [0.25, 0.3) is 6.08 Å². The summed E-state index contributed by atoms with van der Waals surface area (Å²) in [4.78, 5) is 14.4. The number of amides is 1. The topological polar surface area (TPSA) is 50.8 Å². The van der Waals surface area contributed by atoms with Crippen molar-refractivity contribution < 1.29 is 14.3 Å². The highest BCUT2D eigenvalue weighted by molar-refractivity contribution is 6.32. The average molecular weight is 381 g/mol. The van der Waals surface area contributed by atoms with Gasteiger partial charge in [-0.3, -0.25) is 4.79 Å². The fraction of sp³-hybridized carbons (Fsp3) is 0.550. The Balaban J connectivity index is 1.84. The molecule has 1 amide bonds. The molecule has 1 aliphatic rings. The molecule has 1 saturated heterocycles. The Labute approximate surface area is 161 Å². The van der Waals surface area contributed by atoms with E-state index in [1.807, 2.05) is 6.92 Å². The van der Waals surface area contributed by atoms with Crippen molar-refractivity contribution in [3.8, 4) is 11.5 Å². The number of nitrogens with zero attached hydrogens (tertiary/aromatic N) is 1. The summed E-state index contributed by atoms with van der Waals surface area (Å²) in [5.74, 6) is 1.79. The molecule has 1 heterocycles. The number of benzene rings is 1. The van der Waals surface area contributed by atoms with E-state index >= 15 is 0 Å². The lowest BCUT2D eigenvalue weighted by atomic mass is 9.99. The zero-order chi connectivity index (χ0) is 18.9. The first kappa shape index (κ1) is 20.6. The van der Waals surface area contributed by atoms with Crippen LogP contribution in [0.4, 0.5) is 0 Å². The number of halogens is 1. The van der Waals surface area contributed by atoms with Gasteiger partial charge in [-0.05, 0) is 62.5 Å². The minimum atomic E-state index is -0.112. The zero-order valence-corrected chi connectivity index (χ0v) is 16.6. The van der Waals surface area contributed by atoms with Crippen LogP contribution in [0.15, 0.2) is 18.2 Å². The van der Waals surface area contributed by atoms with E-state index < -0.39 is 0 Å². The molecule has 1 fully saturated rings. The summed E-state index contributed by atoms with van der Waals surface area (Å²) in [5.41, 5.74) is 0.787. The van der Waals surface area contributed by atoms with Crippen molar-refractivity contribution in [2.75, 3.05) is 39.9 Å². The number of ether oxygens (including phenoxy) is 2. The summed E-state index contributed by atoms with van der Waals surface area (Å²) in [6, 6.07) is 3.56. The number of nitrogens with one attached hydrogen (secondary N) is 1. The van der Waals surface area contributed by atoms with Crippen molar-refractivity contribution in [3.63, 3.8) is 0 Å². The molecule has 5 nitrogen and oxygen atoms in total. The number of hydrogen-bond donors (Lipinski definition) is 1. The Morgan fingerprint density at radius 3 is 2.77 bits per heavy atom. The van der Waals surface area contributed by atoms with Crippen molar-refractivity contribution in [2.24, 2.45) is 5.92 Å². The maximum atomic E-state index is 12.0. The highest BCUT2D eigenvalue weighted by Gasteiger charge is 2.15. The maximum absolute atomic E-state index is 12.0. The molecule has 1 aromatic carbocycles. The molecule has 0 spiro atoms. The van der Waals surface area contributed by atoms with Gasteiger partial charge in [-0.2, -0.15) is 0 Å². The highest BCUT2D eigenvalue weighted by atomic mass is 35.5. The second-order valence-electron chi connectivity index (χ2n) is 6.62. The van der Waals surface area contributed by atoms with Gasteiger partial charge in [0.2, 0.25) is 5.91 Å². The fourth-order valence-electron chi connectivity index (χ4n) is 2.97. The van der Waals surface area contributed by atoms with E-state index in [2.05, 4.69) is 17.1 Å². The summed E-state index contributed by atoms with van der Waals surface area (Å²) >= 11 is 6.24. The van der Waals surface area contributed by atoms with Gasteiger partial charge in [0.15, 0.2) is 11.5 Å². The van der Waals surface area contributed by atoms with Gasteiger partial charge in [-0.1, -0.05) is 18.5 Å². The largest absolute Gasteiger partial charge is 0.493 e. The summed E-state index contributed by atoms with van der Waals surface area (Å²) < 4.78 is 10.8. The zero-order valence-electron chi connectivity index (χ0n) is 15.9. The molecule has 1 aromatic rings. The molecule has 0 aromatic heterocycles. The molecule has 1 aliphatic heterocycles. The van der Waals surface area contributed by atoms with Crippen molar-refractivity contribution in [1.82, 2.24) is 10.2 Å². The molecule has 0 atom stereocenters. The first-order valence-electron chi connectivity index (χ1n) is 9.22. The fourth-order valence-corrected chi connectivity index (χ4v) is 3.25. The second kappa shape index (κ2) is 10.4. The Bertz CT molecular complexity index is 626. The molecular formula is C20H29ClN2O3. The first-order chi connectivity index (χ1) is 12.5. The van der Waals surface area contributed by atoms with E-state index in [1.54, 1.807) is 25.3 Å². The number of hydrogen-bond acceptors (Lipinski definition) is 4. The number of carbonyl (C=O) groups excluding carboxylic acids is 1. The molecule has 0 radical (unpaired) electrons. The standard InChI is InChI=1S/C20H29ClN2O3/c1-4-26-20-17(21)13-16(14-18(20)25-3)5-6-19(24)22-9-12-23-10-7-15(2)8-11-23/h5-6,13-15H,4,7-12H2,1-3H3,(H,22,24). The van der Waals surface area contributed by atoms with Gasteiger partial charge in [0, 0.05) is 19.2 Å². The number of methoxy groups -OCH3 is 1. The van der Waals surface area contributed by atoms with Gasteiger partial charge in [0.1, 0.15) is 0 Å². The van der Waals surface area contributed by atoms with Crippen LogP contribution < -0.4 is 14.8 Å². The minimum absolute atomic E-state index is 0.112. The summed E-state index contributed by atoms with van der Waals surface area (Å²) in [6.45, 7) is 8.49. The molecule has 0 bridgehead atoms. The van der Waals surface area contributed by atoms with Crippen molar-refractivity contribution in [2.45, 2.75) is 26.7 Å². The van der Waals surface area contributed by atoms with Crippen LogP contribution in [-0.2, 0) is 4.79 Å². The Kier molecular flexibility index (Phi) is 8.26.